The summed E-state index contributed by atoms with van der Waals surface area (Å²) in [6, 6.07) is 0. The van der Waals surface area contributed by atoms with Crippen LogP contribution in [0.3, 0.4) is 0 Å². The van der Waals surface area contributed by atoms with Crippen molar-refractivity contribution in [3.05, 3.63) is 0 Å². The van der Waals surface area contributed by atoms with Crippen LogP contribution in [0.4, 0.5) is 11.5 Å². The molecular formula is C10H19N5O3S. The Morgan fingerprint density at radius 1 is 1.37 bits per heavy atom. The summed E-state index contributed by atoms with van der Waals surface area (Å²) in [6.07, 6.45) is 0.867. The summed E-state index contributed by atoms with van der Waals surface area (Å²) < 4.78 is 28.7. The van der Waals surface area contributed by atoms with E-state index in [4.69, 9.17) is 10.6 Å². The van der Waals surface area contributed by atoms with Crippen molar-refractivity contribution in [2.24, 2.45) is 5.84 Å². The van der Waals surface area contributed by atoms with E-state index >= 15 is 0 Å². The first-order chi connectivity index (χ1) is 8.66. The Hall–Kier alpha value is -1.61. The molecule has 108 valence electrons. The molecule has 0 amide bonds. The molecule has 0 bridgehead atoms. The number of hydrogen-bond acceptors (Lipinski definition) is 8. The maximum Gasteiger partial charge on any atom is 0.252 e. The molecule has 0 unspecified atom stereocenters. The zero-order valence-electron chi connectivity index (χ0n) is 11.6. The fourth-order valence-electron chi connectivity index (χ4n) is 1.36. The SMILES string of the molecule is CNc1c(OC(C)C)nc(S(C)(=O)=O)nc1N(C)N. The van der Waals surface area contributed by atoms with Gasteiger partial charge in [-0.3, -0.25) is 5.01 Å². The van der Waals surface area contributed by atoms with E-state index in [0.29, 0.717) is 5.69 Å². The highest BCUT2D eigenvalue weighted by Gasteiger charge is 2.22. The standard InChI is InChI=1S/C10H19N5O3S/c1-6(2)18-9-7(12-3)8(15(4)11)13-10(14-9)19(5,16)17/h6,12H,11H2,1-5H3. The van der Waals surface area contributed by atoms with Crippen LogP contribution in [0.15, 0.2) is 5.16 Å². The Morgan fingerprint density at radius 2 is 1.95 bits per heavy atom. The largest absolute Gasteiger partial charge is 0.473 e. The molecule has 9 heteroatoms. The second-order valence-corrected chi connectivity index (χ2v) is 6.22. The molecule has 1 aromatic rings. The summed E-state index contributed by atoms with van der Waals surface area (Å²) in [7, 11) is -0.353. The molecule has 1 rings (SSSR count). The Kier molecular flexibility index (Phi) is 4.53. The zero-order chi connectivity index (χ0) is 14.8. The van der Waals surface area contributed by atoms with Crippen molar-refractivity contribution in [2.45, 2.75) is 25.1 Å². The lowest BCUT2D eigenvalue weighted by molar-refractivity contribution is 0.231. The normalized spacial score (nSPS) is 11.5. The van der Waals surface area contributed by atoms with Crippen molar-refractivity contribution < 1.29 is 13.2 Å². The number of hydrazine groups is 1. The number of nitrogens with zero attached hydrogens (tertiary/aromatic N) is 3. The van der Waals surface area contributed by atoms with Gasteiger partial charge in [-0.15, -0.1) is 0 Å². The quantitative estimate of drug-likeness (QED) is 0.443. The second-order valence-electron chi connectivity index (χ2n) is 4.31. The minimum atomic E-state index is -3.55. The summed E-state index contributed by atoms with van der Waals surface area (Å²) in [5, 5.41) is 3.74. The van der Waals surface area contributed by atoms with Gasteiger partial charge in [-0.05, 0) is 13.8 Å². The number of sulfone groups is 1. The van der Waals surface area contributed by atoms with Crippen LogP contribution in [0.5, 0.6) is 5.88 Å². The van der Waals surface area contributed by atoms with Gasteiger partial charge in [0.15, 0.2) is 5.82 Å². The van der Waals surface area contributed by atoms with E-state index in [-0.39, 0.29) is 23.0 Å². The highest BCUT2D eigenvalue weighted by Crippen LogP contribution is 2.31. The monoisotopic (exact) mass is 289 g/mol. The Balaban J connectivity index is 3.54. The molecule has 3 N–H and O–H groups in total. The molecule has 0 aliphatic carbocycles. The van der Waals surface area contributed by atoms with Crippen LogP contribution in [0.1, 0.15) is 13.8 Å². The summed E-state index contributed by atoms with van der Waals surface area (Å²) in [4.78, 5) is 7.87. The predicted octanol–water partition coefficient (Wildman–Crippen LogP) is 0.0189. The van der Waals surface area contributed by atoms with E-state index in [0.717, 1.165) is 6.26 Å². The lowest BCUT2D eigenvalue weighted by Gasteiger charge is -2.20. The first-order valence-corrected chi connectivity index (χ1v) is 7.51. The van der Waals surface area contributed by atoms with Crippen LogP contribution in [0.2, 0.25) is 0 Å². The van der Waals surface area contributed by atoms with E-state index in [1.54, 1.807) is 14.1 Å². The lowest BCUT2D eigenvalue weighted by atomic mass is 10.4. The zero-order valence-corrected chi connectivity index (χ0v) is 12.4. The van der Waals surface area contributed by atoms with Crippen LogP contribution in [-0.4, -0.2) is 44.8 Å². The van der Waals surface area contributed by atoms with Crippen LogP contribution in [-0.2, 0) is 9.84 Å². The number of ether oxygens (including phenoxy) is 1. The molecule has 0 radical (unpaired) electrons. The molecule has 0 aliphatic rings. The summed E-state index contributed by atoms with van der Waals surface area (Å²) in [6.45, 7) is 3.63. The van der Waals surface area contributed by atoms with Gasteiger partial charge in [0.1, 0.15) is 5.69 Å². The molecule has 0 saturated heterocycles. The van der Waals surface area contributed by atoms with Crippen LogP contribution in [0, 0.1) is 0 Å². The molecule has 0 aliphatic heterocycles. The van der Waals surface area contributed by atoms with Crippen molar-refractivity contribution in [1.82, 2.24) is 9.97 Å². The highest BCUT2D eigenvalue weighted by atomic mass is 32.2. The minimum Gasteiger partial charge on any atom is -0.473 e. The van der Waals surface area contributed by atoms with E-state index in [1.807, 2.05) is 13.8 Å². The van der Waals surface area contributed by atoms with E-state index in [2.05, 4.69) is 15.3 Å². The smallest absolute Gasteiger partial charge is 0.252 e. The molecule has 0 atom stereocenters. The predicted molar refractivity (Wildman–Crippen MR) is 73.0 cm³/mol. The van der Waals surface area contributed by atoms with Crippen molar-refractivity contribution in [1.29, 1.82) is 0 Å². The Bertz CT molecular complexity index is 557. The van der Waals surface area contributed by atoms with Gasteiger partial charge < -0.3 is 10.1 Å². The summed E-state index contributed by atoms with van der Waals surface area (Å²) in [5.74, 6) is 6.05. The average molecular weight is 289 g/mol. The van der Waals surface area contributed by atoms with E-state index in [9.17, 15) is 8.42 Å². The third-order valence-electron chi connectivity index (χ3n) is 2.10. The minimum absolute atomic E-state index is 0.153. The number of nitrogens with one attached hydrogen (secondary N) is 1. The van der Waals surface area contributed by atoms with Crippen molar-refractivity contribution in [3.8, 4) is 5.88 Å². The molecule has 0 fully saturated rings. The number of aromatic nitrogens is 2. The van der Waals surface area contributed by atoms with E-state index in [1.165, 1.54) is 5.01 Å². The molecule has 0 saturated carbocycles. The average Bonchev–Trinajstić information content (AvgIpc) is 2.25. The van der Waals surface area contributed by atoms with Crippen molar-refractivity contribution in [3.63, 3.8) is 0 Å². The van der Waals surface area contributed by atoms with Crippen LogP contribution in [0.25, 0.3) is 0 Å². The van der Waals surface area contributed by atoms with Crippen LogP contribution >= 0.6 is 0 Å². The Labute approximate surface area is 112 Å². The number of rotatable bonds is 5. The fraction of sp³-hybridized carbons (Fsp3) is 0.600. The van der Waals surface area contributed by atoms with Gasteiger partial charge >= 0.3 is 0 Å². The van der Waals surface area contributed by atoms with E-state index < -0.39 is 9.84 Å². The van der Waals surface area contributed by atoms with Crippen molar-refractivity contribution >= 4 is 21.3 Å². The van der Waals surface area contributed by atoms with Gasteiger partial charge in [0.25, 0.3) is 5.16 Å². The number of nitrogens with two attached hydrogens (primary N) is 1. The first kappa shape index (κ1) is 15.4. The Morgan fingerprint density at radius 3 is 2.32 bits per heavy atom. The molecule has 1 heterocycles. The molecule has 19 heavy (non-hydrogen) atoms. The first-order valence-electron chi connectivity index (χ1n) is 5.61. The van der Waals surface area contributed by atoms with Crippen LogP contribution < -0.4 is 20.9 Å². The van der Waals surface area contributed by atoms with Gasteiger partial charge in [0, 0.05) is 20.4 Å². The summed E-state index contributed by atoms with van der Waals surface area (Å²) in [5.41, 5.74) is 0.436. The molecular weight excluding hydrogens is 270 g/mol. The highest BCUT2D eigenvalue weighted by molar-refractivity contribution is 7.90. The molecule has 8 nitrogen and oxygen atoms in total. The van der Waals surface area contributed by atoms with Gasteiger partial charge in [-0.1, -0.05) is 0 Å². The third kappa shape index (κ3) is 3.67. The van der Waals surface area contributed by atoms with Gasteiger partial charge in [0.2, 0.25) is 15.7 Å². The van der Waals surface area contributed by atoms with Gasteiger partial charge in [-0.2, -0.15) is 9.97 Å². The van der Waals surface area contributed by atoms with Gasteiger partial charge in [0.05, 0.1) is 6.10 Å². The fourth-order valence-corrected chi connectivity index (χ4v) is 1.86. The maximum atomic E-state index is 11.6. The second kappa shape index (κ2) is 5.57. The lowest BCUT2D eigenvalue weighted by Crippen LogP contribution is -2.28. The number of hydrogen-bond donors (Lipinski definition) is 2. The topological polar surface area (TPSA) is 110 Å². The summed E-state index contributed by atoms with van der Waals surface area (Å²) >= 11 is 0. The van der Waals surface area contributed by atoms with Gasteiger partial charge in [-0.25, -0.2) is 14.3 Å². The third-order valence-corrected chi connectivity index (χ3v) is 2.95. The number of anilines is 2. The maximum absolute atomic E-state index is 11.6. The molecule has 1 aromatic heterocycles. The van der Waals surface area contributed by atoms with Crippen molar-refractivity contribution in [2.75, 3.05) is 30.7 Å². The molecule has 0 spiro atoms. The molecule has 0 aromatic carbocycles.